The second-order valence-corrected chi connectivity index (χ2v) is 5.09. The van der Waals surface area contributed by atoms with Crippen LogP contribution in [0.15, 0.2) is 24.3 Å². The number of nitrogens with one attached hydrogen (secondary N) is 1. The van der Waals surface area contributed by atoms with Crippen LogP contribution < -0.4 is 10.1 Å². The first-order chi connectivity index (χ1) is 11.8. The third-order valence-corrected chi connectivity index (χ3v) is 3.20. The van der Waals surface area contributed by atoms with Gasteiger partial charge in [0.05, 0.1) is 12.3 Å². The molecule has 0 bridgehead atoms. The van der Waals surface area contributed by atoms with Crippen LogP contribution in [-0.4, -0.2) is 34.9 Å². The number of hydrogen-bond acceptors (Lipinski definition) is 5. The molecule has 0 saturated heterocycles. The molecule has 0 fully saturated rings. The van der Waals surface area contributed by atoms with Gasteiger partial charge in [0.25, 0.3) is 5.91 Å². The van der Waals surface area contributed by atoms with Crippen molar-refractivity contribution in [1.29, 1.82) is 0 Å². The Balaban J connectivity index is 2.24. The molecule has 0 spiro atoms. The average Bonchev–Trinajstić information content (AvgIpc) is 2.92. The fourth-order valence-electron chi connectivity index (χ4n) is 2.10. The average molecular weight is 353 g/mol. The lowest BCUT2D eigenvalue weighted by Crippen LogP contribution is -2.15. The van der Waals surface area contributed by atoms with Crippen molar-refractivity contribution < 1.29 is 27.8 Å². The number of alkyl halides is 2. The number of anilines is 1. The summed E-state index contributed by atoms with van der Waals surface area (Å²) in [6, 6.07) is 5.66. The van der Waals surface area contributed by atoms with E-state index in [1.807, 2.05) is 0 Å². The van der Waals surface area contributed by atoms with Gasteiger partial charge in [-0.3, -0.25) is 9.48 Å². The van der Waals surface area contributed by atoms with E-state index in [2.05, 4.69) is 15.2 Å². The Morgan fingerprint density at radius 1 is 1.32 bits per heavy atom. The maximum absolute atomic E-state index is 12.5. The van der Waals surface area contributed by atoms with Crippen molar-refractivity contribution in [3.63, 3.8) is 0 Å². The quantitative estimate of drug-likeness (QED) is 0.808. The van der Waals surface area contributed by atoms with Crippen molar-refractivity contribution in [2.24, 2.45) is 7.05 Å². The number of halogens is 2. The standard InChI is InChI=1S/C16H17F2N3O4/c1-4-24-15(23)12-8-11(20-21(12)3)14(22)19-10-7-9(2)5-6-13(10)25-16(17)18/h5-8,16H,4H2,1-3H3,(H,19,22). The molecule has 25 heavy (non-hydrogen) atoms. The molecule has 0 aliphatic rings. The monoisotopic (exact) mass is 353 g/mol. The maximum Gasteiger partial charge on any atom is 0.387 e. The highest BCUT2D eigenvalue weighted by Gasteiger charge is 2.20. The molecule has 1 N–H and O–H groups in total. The summed E-state index contributed by atoms with van der Waals surface area (Å²) >= 11 is 0. The summed E-state index contributed by atoms with van der Waals surface area (Å²) in [5.74, 6) is -1.46. The molecular formula is C16H17F2N3O4. The Morgan fingerprint density at radius 3 is 2.68 bits per heavy atom. The van der Waals surface area contributed by atoms with Gasteiger partial charge in [0.1, 0.15) is 11.4 Å². The third kappa shape index (κ3) is 4.52. The zero-order chi connectivity index (χ0) is 18.6. The second kappa shape index (κ2) is 7.73. The smallest absolute Gasteiger partial charge is 0.387 e. The number of benzene rings is 1. The highest BCUT2D eigenvalue weighted by Crippen LogP contribution is 2.27. The summed E-state index contributed by atoms with van der Waals surface area (Å²) in [5, 5.41) is 6.40. The van der Waals surface area contributed by atoms with Crippen LogP contribution in [0.25, 0.3) is 0 Å². The highest BCUT2D eigenvalue weighted by molar-refractivity contribution is 6.05. The number of carbonyl (C=O) groups is 2. The Labute approximate surface area is 142 Å². The summed E-state index contributed by atoms with van der Waals surface area (Å²) in [7, 11) is 1.49. The van der Waals surface area contributed by atoms with Crippen LogP contribution in [0.4, 0.5) is 14.5 Å². The molecule has 1 heterocycles. The van der Waals surface area contributed by atoms with E-state index in [0.29, 0.717) is 0 Å². The molecule has 0 aliphatic heterocycles. The van der Waals surface area contributed by atoms with Gasteiger partial charge in [-0.15, -0.1) is 0 Å². The van der Waals surface area contributed by atoms with Gasteiger partial charge in [-0.2, -0.15) is 13.9 Å². The van der Waals surface area contributed by atoms with Crippen LogP contribution in [0.5, 0.6) is 5.75 Å². The third-order valence-electron chi connectivity index (χ3n) is 3.20. The maximum atomic E-state index is 12.5. The lowest BCUT2D eigenvalue weighted by Gasteiger charge is -2.12. The number of nitrogens with zero attached hydrogens (tertiary/aromatic N) is 2. The molecule has 2 rings (SSSR count). The largest absolute Gasteiger partial charge is 0.461 e. The molecule has 0 saturated carbocycles. The van der Waals surface area contributed by atoms with Crippen molar-refractivity contribution in [2.45, 2.75) is 20.5 Å². The van der Waals surface area contributed by atoms with E-state index in [1.165, 1.54) is 29.9 Å². The molecule has 1 aromatic heterocycles. The molecule has 1 aromatic carbocycles. The van der Waals surface area contributed by atoms with E-state index in [0.717, 1.165) is 5.56 Å². The number of aryl methyl sites for hydroxylation is 2. The van der Waals surface area contributed by atoms with Crippen LogP contribution in [-0.2, 0) is 11.8 Å². The SMILES string of the molecule is CCOC(=O)c1cc(C(=O)Nc2cc(C)ccc2OC(F)F)nn1C. The van der Waals surface area contributed by atoms with Gasteiger partial charge in [-0.1, -0.05) is 6.07 Å². The van der Waals surface area contributed by atoms with E-state index >= 15 is 0 Å². The lowest BCUT2D eigenvalue weighted by atomic mass is 10.2. The summed E-state index contributed by atoms with van der Waals surface area (Å²) < 4.78 is 35.4. The predicted molar refractivity (Wildman–Crippen MR) is 84.9 cm³/mol. The molecule has 0 aliphatic carbocycles. The number of aromatic nitrogens is 2. The fourth-order valence-corrected chi connectivity index (χ4v) is 2.10. The molecular weight excluding hydrogens is 336 g/mol. The molecule has 1 amide bonds. The Bertz CT molecular complexity index is 790. The van der Waals surface area contributed by atoms with Gasteiger partial charge >= 0.3 is 12.6 Å². The van der Waals surface area contributed by atoms with E-state index < -0.39 is 18.5 Å². The van der Waals surface area contributed by atoms with Crippen LogP contribution in [0.3, 0.4) is 0 Å². The van der Waals surface area contributed by atoms with E-state index in [4.69, 9.17) is 4.74 Å². The molecule has 134 valence electrons. The van der Waals surface area contributed by atoms with Crippen molar-refractivity contribution >= 4 is 17.6 Å². The number of ether oxygens (including phenoxy) is 2. The molecule has 0 atom stereocenters. The number of amides is 1. The molecule has 7 nitrogen and oxygen atoms in total. The van der Waals surface area contributed by atoms with Gasteiger partial charge in [0, 0.05) is 13.1 Å². The minimum Gasteiger partial charge on any atom is -0.461 e. The van der Waals surface area contributed by atoms with Gasteiger partial charge in [-0.05, 0) is 31.5 Å². The number of rotatable bonds is 6. The zero-order valence-corrected chi connectivity index (χ0v) is 13.9. The fraction of sp³-hybridized carbons (Fsp3) is 0.312. The molecule has 0 unspecified atom stereocenters. The minimum atomic E-state index is -3.02. The van der Waals surface area contributed by atoms with Crippen molar-refractivity contribution in [1.82, 2.24) is 9.78 Å². The summed E-state index contributed by atoms with van der Waals surface area (Å²) in [6.07, 6.45) is 0. The minimum absolute atomic E-state index is 0.0601. The van der Waals surface area contributed by atoms with Crippen molar-refractivity contribution in [3.05, 3.63) is 41.2 Å². The van der Waals surface area contributed by atoms with Crippen LogP contribution in [0.1, 0.15) is 33.5 Å². The predicted octanol–water partition coefficient (Wildman–Crippen LogP) is 2.76. The Hall–Kier alpha value is -2.97. The summed E-state index contributed by atoms with van der Waals surface area (Å²) in [4.78, 5) is 24.1. The Kier molecular flexibility index (Phi) is 5.68. The van der Waals surface area contributed by atoms with Gasteiger partial charge in [0.15, 0.2) is 5.69 Å². The first-order valence-corrected chi connectivity index (χ1v) is 7.39. The van der Waals surface area contributed by atoms with E-state index in [1.54, 1.807) is 19.9 Å². The number of hydrogen-bond donors (Lipinski definition) is 1. The van der Waals surface area contributed by atoms with Crippen LogP contribution >= 0.6 is 0 Å². The Morgan fingerprint density at radius 2 is 2.04 bits per heavy atom. The van der Waals surface area contributed by atoms with E-state index in [9.17, 15) is 18.4 Å². The zero-order valence-electron chi connectivity index (χ0n) is 13.9. The van der Waals surface area contributed by atoms with Crippen LogP contribution in [0.2, 0.25) is 0 Å². The summed E-state index contributed by atoms with van der Waals surface area (Å²) in [5.41, 5.74) is 0.856. The van der Waals surface area contributed by atoms with E-state index in [-0.39, 0.29) is 29.4 Å². The van der Waals surface area contributed by atoms with Crippen LogP contribution in [0, 0.1) is 6.92 Å². The van der Waals surface area contributed by atoms with Gasteiger partial charge in [0.2, 0.25) is 0 Å². The number of carbonyl (C=O) groups excluding carboxylic acids is 2. The van der Waals surface area contributed by atoms with Gasteiger partial charge < -0.3 is 14.8 Å². The lowest BCUT2D eigenvalue weighted by molar-refractivity contribution is -0.0493. The first-order valence-electron chi connectivity index (χ1n) is 7.39. The van der Waals surface area contributed by atoms with Crippen molar-refractivity contribution in [3.8, 4) is 5.75 Å². The molecule has 2 aromatic rings. The first kappa shape index (κ1) is 18.4. The molecule has 0 radical (unpaired) electrons. The van der Waals surface area contributed by atoms with Crippen molar-refractivity contribution in [2.75, 3.05) is 11.9 Å². The molecule has 9 heteroatoms. The second-order valence-electron chi connectivity index (χ2n) is 5.09. The van der Waals surface area contributed by atoms with Gasteiger partial charge in [-0.25, -0.2) is 4.79 Å². The number of esters is 1. The summed E-state index contributed by atoms with van der Waals surface area (Å²) in [6.45, 7) is 0.554. The highest BCUT2D eigenvalue weighted by atomic mass is 19.3. The normalized spacial score (nSPS) is 10.6. The topological polar surface area (TPSA) is 82.5 Å².